The van der Waals surface area contributed by atoms with Crippen LogP contribution in [0, 0.1) is 0 Å². The van der Waals surface area contributed by atoms with Crippen LogP contribution in [0.15, 0.2) is 42.5 Å². The lowest BCUT2D eigenvalue weighted by atomic mass is 10.2. The van der Waals surface area contributed by atoms with Crippen LogP contribution in [0.3, 0.4) is 0 Å². The molecule has 3 aromatic rings. The summed E-state index contributed by atoms with van der Waals surface area (Å²) in [5.74, 6) is 1.52. The third-order valence-corrected chi connectivity index (χ3v) is 4.59. The van der Waals surface area contributed by atoms with Crippen molar-refractivity contribution in [3.05, 3.63) is 48.0 Å². The van der Waals surface area contributed by atoms with Gasteiger partial charge >= 0.3 is 0 Å². The molecule has 0 aliphatic rings. The molecule has 0 radical (unpaired) electrons. The van der Waals surface area contributed by atoms with E-state index in [4.69, 9.17) is 14.2 Å². The number of anilines is 1. The smallest absolute Gasteiger partial charge is 0.261 e. The van der Waals surface area contributed by atoms with Crippen molar-refractivity contribution >= 4 is 22.4 Å². The van der Waals surface area contributed by atoms with Gasteiger partial charge in [-0.3, -0.25) is 10.1 Å². The van der Waals surface area contributed by atoms with Gasteiger partial charge in [-0.2, -0.15) is 0 Å². The molecule has 0 atom stereocenters. The van der Waals surface area contributed by atoms with Crippen LogP contribution in [-0.4, -0.2) is 36.9 Å². The van der Waals surface area contributed by atoms with Gasteiger partial charge < -0.3 is 14.2 Å². The average molecular weight is 385 g/mol. The number of para-hydroxylation sites is 1. The average Bonchev–Trinajstić information content (AvgIpc) is 3.16. The molecule has 8 heteroatoms. The van der Waals surface area contributed by atoms with E-state index in [-0.39, 0.29) is 5.91 Å². The van der Waals surface area contributed by atoms with Crippen LogP contribution < -0.4 is 19.5 Å². The Morgan fingerprint density at radius 1 is 1.07 bits per heavy atom. The maximum Gasteiger partial charge on any atom is 0.261 e. The van der Waals surface area contributed by atoms with Crippen molar-refractivity contribution in [1.82, 2.24) is 10.2 Å². The van der Waals surface area contributed by atoms with E-state index in [2.05, 4.69) is 15.5 Å². The van der Waals surface area contributed by atoms with Crippen LogP contribution in [0.5, 0.6) is 17.2 Å². The zero-order valence-corrected chi connectivity index (χ0v) is 16.0. The van der Waals surface area contributed by atoms with Crippen LogP contribution in [0.2, 0.25) is 0 Å². The number of benzene rings is 2. The molecule has 1 heterocycles. The molecule has 0 saturated heterocycles. The Bertz CT molecular complexity index is 942. The first kappa shape index (κ1) is 18.7. The van der Waals surface area contributed by atoms with Crippen molar-refractivity contribution < 1.29 is 19.0 Å². The van der Waals surface area contributed by atoms with E-state index in [1.807, 2.05) is 25.1 Å². The summed E-state index contributed by atoms with van der Waals surface area (Å²) < 4.78 is 16.1. The van der Waals surface area contributed by atoms with E-state index < -0.39 is 0 Å². The maximum absolute atomic E-state index is 12.6. The first-order valence-corrected chi connectivity index (χ1v) is 9.07. The Hall–Kier alpha value is -3.13. The summed E-state index contributed by atoms with van der Waals surface area (Å²) in [4.78, 5) is 12.6. The topological polar surface area (TPSA) is 82.6 Å². The molecule has 1 aromatic heterocycles. The van der Waals surface area contributed by atoms with Crippen LogP contribution in [0.25, 0.3) is 10.6 Å². The molecule has 27 heavy (non-hydrogen) atoms. The van der Waals surface area contributed by atoms with Crippen molar-refractivity contribution in [3.8, 4) is 27.8 Å². The lowest BCUT2D eigenvalue weighted by Gasteiger charge is -2.08. The predicted molar refractivity (Wildman–Crippen MR) is 104 cm³/mol. The summed E-state index contributed by atoms with van der Waals surface area (Å²) in [6.07, 6.45) is 0. The maximum atomic E-state index is 12.6. The number of hydrogen-bond donors (Lipinski definition) is 1. The molecule has 0 aliphatic heterocycles. The molecule has 3 rings (SSSR count). The zero-order valence-electron chi connectivity index (χ0n) is 15.2. The van der Waals surface area contributed by atoms with Crippen molar-refractivity contribution in [2.45, 2.75) is 6.92 Å². The van der Waals surface area contributed by atoms with Crippen LogP contribution in [0.1, 0.15) is 17.3 Å². The number of methoxy groups -OCH3 is 2. The third kappa shape index (κ3) is 4.17. The second kappa shape index (κ2) is 8.50. The fourth-order valence-corrected chi connectivity index (χ4v) is 3.23. The highest BCUT2D eigenvalue weighted by Gasteiger charge is 2.17. The highest BCUT2D eigenvalue weighted by molar-refractivity contribution is 7.18. The van der Waals surface area contributed by atoms with E-state index in [0.29, 0.717) is 39.6 Å². The molecule has 140 valence electrons. The van der Waals surface area contributed by atoms with Crippen LogP contribution in [-0.2, 0) is 0 Å². The lowest BCUT2D eigenvalue weighted by molar-refractivity contribution is 0.102. The van der Waals surface area contributed by atoms with E-state index in [9.17, 15) is 4.79 Å². The quantitative estimate of drug-likeness (QED) is 0.665. The number of aromatic nitrogens is 2. The normalized spacial score (nSPS) is 10.3. The molecular weight excluding hydrogens is 366 g/mol. The molecule has 7 nitrogen and oxygen atoms in total. The molecule has 0 spiro atoms. The van der Waals surface area contributed by atoms with E-state index in [0.717, 1.165) is 5.56 Å². The van der Waals surface area contributed by atoms with Crippen LogP contribution in [0.4, 0.5) is 5.13 Å². The fraction of sp³-hybridized carbons (Fsp3) is 0.211. The highest BCUT2D eigenvalue weighted by atomic mass is 32.1. The highest BCUT2D eigenvalue weighted by Crippen LogP contribution is 2.36. The second-order valence-electron chi connectivity index (χ2n) is 5.36. The summed E-state index contributed by atoms with van der Waals surface area (Å²) in [6, 6.07) is 12.5. The number of carbonyl (C=O) groups excluding carboxylic acids is 1. The molecule has 0 bridgehead atoms. The zero-order chi connectivity index (χ0) is 19.2. The standard InChI is InChI=1S/C19H19N3O4S/c1-4-26-15-8-6-5-7-13(15)17(23)20-19-22-21-18(27-19)14-10-9-12(24-2)11-16(14)25-3/h5-11H,4H2,1-3H3,(H,20,22,23). The summed E-state index contributed by atoms with van der Waals surface area (Å²) in [5, 5.41) is 12.0. The molecule has 2 aromatic carbocycles. The Morgan fingerprint density at radius 2 is 1.89 bits per heavy atom. The molecular formula is C19H19N3O4S. The molecule has 0 unspecified atom stereocenters. The Morgan fingerprint density at radius 3 is 2.63 bits per heavy atom. The summed E-state index contributed by atoms with van der Waals surface area (Å²) in [7, 11) is 3.17. The summed E-state index contributed by atoms with van der Waals surface area (Å²) in [6.45, 7) is 2.35. The van der Waals surface area contributed by atoms with Gasteiger partial charge in [0.1, 0.15) is 17.2 Å². The second-order valence-corrected chi connectivity index (χ2v) is 6.34. The number of rotatable bonds is 7. The first-order chi connectivity index (χ1) is 13.2. The SMILES string of the molecule is CCOc1ccccc1C(=O)Nc1nnc(-c2ccc(OC)cc2OC)s1. The van der Waals surface area contributed by atoms with Gasteiger partial charge in [0.15, 0.2) is 5.01 Å². The van der Waals surface area contributed by atoms with E-state index >= 15 is 0 Å². The van der Waals surface area contributed by atoms with Gasteiger partial charge in [0, 0.05) is 6.07 Å². The van der Waals surface area contributed by atoms with Crippen LogP contribution >= 0.6 is 11.3 Å². The number of carbonyl (C=O) groups is 1. The predicted octanol–water partition coefficient (Wildman–Crippen LogP) is 3.87. The van der Waals surface area contributed by atoms with Crippen molar-refractivity contribution in [3.63, 3.8) is 0 Å². The minimum Gasteiger partial charge on any atom is -0.497 e. The van der Waals surface area contributed by atoms with E-state index in [1.54, 1.807) is 38.5 Å². The number of ether oxygens (including phenoxy) is 3. The number of nitrogens with zero attached hydrogens (tertiary/aromatic N) is 2. The summed E-state index contributed by atoms with van der Waals surface area (Å²) >= 11 is 1.26. The lowest BCUT2D eigenvalue weighted by Crippen LogP contribution is -2.13. The Balaban J connectivity index is 1.82. The number of amides is 1. The van der Waals surface area contributed by atoms with Gasteiger partial charge in [0.2, 0.25) is 5.13 Å². The largest absolute Gasteiger partial charge is 0.497 e. The molecule has 0 saturated carbocycles. The third-order valence-electron chi connectivity index (χ3n) is 3.72. The van der Waals surface area contributed by atoms with Gasteiger partial charge in [0.05, 0.1) is 32.0 Å². The Labute approximate surface area is 160 Å². The van der Waals surface area contributed by atoms with Crippen molar-refractivity contribution in [1.29, 1.82) is 0 Å². The first-order valence-electron chi connectivity index (χ1n) is 8.25. The molecule has 1 N–H and O–H groups in total. The number of hydrogen-bond acceptors (Lipinski definition) is 7. The molecule has 0 aliphatic carbocycles. The number of nitrogens with one attached hydrogen (secondary N) is 1. The molecule has 0 fully saturated rings. The summed E-state index contributed by atoms with van der Waals surface area (Å²) in [5.41, 5.74) is 1.21. The minimum absolute atomic E-state index is 0.302. The van der Waals surface area contributed by atoms with Gasteiger partial charge in [0.25, 0.3) is 5.91 Å². The van der Waals surface area contributed by atoms with Crippen molar-refractivity contribution in [2.75, 3.05) is 26.1 Å². The monoisotopic (exact) mass is 385 g/mol. The van der Waals surface area contributed by atoms with Crippen molar-refractivity contribution in [2.24, 2.45) is 0 Å². The Kier molecular flexibility index (Phi) is 5.87. The molecule has 1 amide bonds. The van der Waals surface area contributed by atoms with E-state index in [1.165, 1.54) is 11.3 Å². The van der Waals surface area contributed by atoms with Gasteiger partial charge in [-0.05, 0) is 31.2 Å². The van der Waals surface area contributed by atoms with Gasteiger partial charge in [-0.25, -0.2) is 0 Å². The fourth-order valence-electron chi connectivity index (χ4n) is 2.46. The van der Waals surface area contributed by atoms with Gasteiger partial charge in [-0.1, -0.05) is 23.5 Å². The minimum atomic E-state index is -0.302. The van der Waals surface area contributed by atoms with Gasteiger partial charge in [-0.15, -0.1) is 10.2 Å².